The monoisotopic (exact) mass is 664 g/mol. The van der Waals surface area contributed by atoms with Gasteiger partial charge in [-0.25, -0.2) is 14.4 Å². The Morgan fingerprint density at radius 3 is 1.84 bits per heavy atom. The molecule has 0 aliphatic rings. The molecule has 8 N–H and O–H groups in total. The van der Waals surface area contributed by atoms with E-state index in [1.165, 1.54) is 0 Å². The van der Waals surface area contributed by atoms with Crippen LogP contribution in [0.25, 0.3) is 0 Å². The molecule has 21 heteroatoms. The lowest BCUT2D eigenvalue weighted by Crippen LogP contribution is -2.46. The highest BCUT2D eigenvalue weighted by Gasteiger charge is 2.20. The number of H-pyrrole nitrogens is 1. The number of aromatic nitrogens is 4. The molecule has 0 fully saturated rings. The van der Waals surface area contributed by atoms with E-state index in [0.717, 1.165) is 0 Å². The molecule has 254 valence electrons. The van der Waals surface area contributed by atoms with Crippen LogP contribution in [0.1, 0.15) is 65.6 Å². The molecule has 1 heterocycles. The van der Waals surface area contributed by atoms with E-state index < -0.39 is 30.0 Å². The van der Waals surface area contributed by atoms with E-state index in [1.807, 2.05) is 0 Å². The van der Waals surface area contributed by atoms with Crippen molar-refractivity contribution in [2.75, 3.05) is 18.8 Å². The molecule has 0 bridgehead atoms. The fourth-order valence-electron chi connectivity index (χ4n) is 2.68. The number of aryl methyl sites for hydroxylation is 1. The zero-order valence-electron chi connectivity index (χ0n) is 25.3. The van der Waals surface area contributed by atoms with Crippen LogP contribution < -0.4 is 21.3 Å². The second kappa shape index (κ2) is 27.9. The van der Waals surface area contributed by atoms with Gasteiger partial charge in [-0.05, 0) is 26.2 Å². The minimum atomic E-state index is -1.24. The number of nitrogens with one attached hydrogen (secondary N) is 5. The van der Waals surface area contributed by atoms with E-state index in [1.54, 1.807) is 18.7 Å². The van der Waals surface area contributed by atoms with E-state index >= 15 is 0 Å². The zero-order chi connectivity index (χ0) is 35.3. The smallest absolute Gasteiger partial charge is 0.373 e. The molecular formula is C24H40N8O12S. The summed E-state index contributed by atoms with van der Waals surface area (Å²) in [5, 5.41) is 49.4. The summed E-state index contributed by atoms with van der Waals surface area (Å²) < 4.78 is 0.100. The molecule has 0 saturated carbocycles. The number of urea groups is 2. The van der Waals surface area contributed by atoms with Crippen LogP contribution in [0.3, 0.4) is 0 Å². The summed E-state index contributed by atoms with van der Waals surface area (Å²) >= 11 is 1.68. The van der Waals surface area contributed by atoms with Gasteiger partial charge in [-0.3, -0.25) is 9.59 Å². The first kappa shape index (κ1) is 44.6. The van der Waals surface area contributed by atoms with Crippen molar-refractivity contribution in [1.29, 1.82) is 0 Å². The van der Waals surface area contributed by atoms with Gasteiger partial charge in [0.25, 0.3) is 0 Å². The van der Waals surface area contributed by atoms with Gasteiger partial charge in [0.2, 0.25) is 0 Å². The molecule has 2 atom stereocenters. The van der Waals surface area contributed by atoms with Gasteiger partial charge in [0, 0.05) is 48.9 Å². The van der Waals surface area contributed by atoms with Crippen LogP contribution in [0.4, 0.5) is 9.59 Å². The van der Waals surface area contributed by atoms with Crippen molar-refractivity contribution in [3.8, 4) is 0 Å². The van der Waals surface area contributed by atoms with E-state index in [-0.39, 0.29) is 48.4 Å². The minimum Gasteiger partial charge on any atom is -0.481 e. The number of carbonyl (C=O) groups is 5. The first-order chi connectivity index (χ1) is 21.0. The van der Waals surface area contributed by atoms with Gasteiger partial charge in [-0.1, -0.05) is 26.0 Å². The first-order valence-corrected chi connectivity index (χ1v) is 14.1. The number of aromatic amines is 1. The lowest BCUT2D eigenvalue weighted by molar-refractivity contribution is -0.193. The van der Waals surface area contributed by atoms with E-state index in [0.29, 0.717) is 43.9 Å². The summed E-state index contributed by atoms with van der Waals surface area (Å²) in [6, 6.07) is -2.27. The maximum absolute atomic E-state index is 11.5. The van der Waals surface area contributed by atoms with Crippen molar-refractivity contribution >= 4 is 54.0 Å². The number of tetrazole rings is 1. The first-order valence-electron chi connectivity index (χ1n) is 13.1. The SMILES string of the molecule is CC(C)(C)SCCNC(=O)NC(CCC(=O)O)C(=O)O.CC(CCC(=O)O)NC(=O)NCCCc1nn[nH]n1.O=C=O.O=C=O. The van der Waals surface area contributed by atoms with Crippen molar-refractivity contribution in [1.82, 2.24) is 41.9 Å². The Labute approximate surface area is 262 Å². The standard InChI is InChI=1S/C12H22N2O5S.C10H18N6O3.2CO2/c1-12(2,3)20-7-6-13-11(19)14-8(10(17)18)4-5-9(15)16;1-7(4-5-9(17)18)12-10(19)11-6-2-3-8-13-15-16-14-8;2*2-1-3/h8H,4-7H2,1-3H3,(H,15,16)(H,17,18)(H2,13,14,19);7H,2-6H2,1H3,(H,17,18)(H2,11,12,19)(H,13,14,15,16);;. The molecule has 0 aromatic carbocycles. The third-order valence-electron chi connectivity index (χ3n) is 4.59. The highest BCUT2D eigenvalue weighted by molar-refractivity contribution is 8.00. The van der Waals surface area contributed by atoms with Crippen LogP contribution in [0.2, 0.25) is 0 Å². The van der Waals surface area contributed by atoms with Crippen molar-refractivity contribution < 1.29 is 58.5 Å². The summed E-state index contributed by atoms with van der Waals surface area (Å²) in [6.07, 6.45) is 1.83. The zero-order valence-corrected chi connectivity index (χ0v) is 26.1. The number of carbonyl (C=O) groups excluding carboxylic acids is 6. The quantitative estimate of drug-likeness (QED) is 0.105. The maximum atomic E-state index is 11.5. The number of carboxylic acid groups (broad SMARTS) is 3. The molecule has 0 radical (unpaired) electrons. The number of rotatable bonds is 16. The van der Waals surface area contributed by atoms with Crippen molar-refractivity contribution in [3.63, 3.8) is 0 Å². The molecule has 1 rings (SSSR count). The van der Waals surface area contributed by atoms with E-state index in [9.17, 15) is 24.0 Å². The topological polar surface area (TPSA) is 317 Å². The summed E-state index contributed by atoms with van der Waals surface area (Å²) in [6.45, 7) is 8.85. The number of thioether (sulfide) groups is 1. The Morgan fingerprint density at radius 2 is 1.38 bits per heavy atom. The van der Waals surface area contributed by atoms with Gasteiger partial charge in [0.15, 0.2) is 5.82 Å². The van der Waals surface area contributed by atoms with E-state index in [4.69, 9.17) is 34.5 Å². The van der Waals surface area contributed by atoms with E-state index in [2.05, 4.69) is 62.7 Å². The normalized spacial score (nSPS) is 10.9. The molecule has 4 amide bonds. The third kappa shape index (κ3) is 35.2. The summed E-state index contributed by atoms with van der Waals surface area (Å²) in [4.78, 5) is 87.1. The molecule has 1 aromatic rings. The summed E-state index contributed by atoms with van der Waals surface area (Å²) in [5.74, 6) is -1.89. The molecule has 0 aliphatic carbocycles. The average Bonchev–Trinajstić information content (AvgIpc) is 3.44. The van der Waals surface area contributed by atoms with Gasteiger partial charge < -0.3 is 36.6 Å². The lowest BCUT2D eigenvalue weighted by atomic mass is 10.1. The fraction of sp³-hybridized carbons (Fsp3) is 0.667. The van der Waals surface area contributed by atoms with Crippen LogP contribution >= 0.6 is 11.8 Å². The van der Waals surface area contributed by atoms with Crippen LogP contribution in [0, 0.1) is 0 Å². The lowest BCUT2D eigenvalue weighted by Gasteiger charge is -2.18. The average molecular weight is 665 g/mol. The third-order valence-corrected chi connectivity index (χ3v) is 5.87. The number of nitrogens with zero attached hydrogens (tertiary/aromatic N) is 3. The van der Waals surface area contributed by atoms with Gasteiger partial charge in [0.1, 0.15) is 6.04 Å². The van der Waals surface area contributed by atoms with Crippen molar-refractivity contribution in [3.05, 3.63) is 5.82 Å². The van der Waals surface area contributed by atoms with Crippen molar-refractivity contribution in [2.45, 2.75) is 83.1 Å². The number of carboxylic acids is 3. The molecular weight excluding hydrogens is 624 g/mol. The maximum Gasteiger partial charge on any atom is 0.373 e. The van der Waals surface area contributed by atoms with Crippen LogP contribution in [-0.2, 0) is 40.0 Å². The molecule has 2 unspecified atom stereocenters. The molecule has 45 heavy (non-hydrogen) atoms. The largest absolute Gasteiger partial charge is 0.481 e. The number of hydrogen-bond donors (Lipinski definition) is 8. The highest BCUT2D eigenvalue weighted by atomic mass is 32.2. The van der Waals surface area contributed by atoms with Crippen LogP contribution in [0.15, 0.2) is 0 Å². The second-order valence-electron chi connectivity index (χ2n) is 9.52. The Kier molecular flexibility index (Phi) is 27.7. The minimum absolute atomic E-state index is 0.0409. The molecule has 20 nitrogen and oxygen atoms in total. The van der Waals surface area contributed by atoms with Gasteiger partial charge in [-0.15, -0.1) is 10.2 Å². The Balaban J connectivity index is -0.000000666. The molecule has 0 saturated heterocycles. The summed E-state index contributed by atoms with van der Waals surface area (Å²) in [5.41, 5.74) is 0. The fourth-order valence-corrected chi connectivity index (χ4v) is 3.50. The Bertz CT molecular complexity index is 1060. The molecule has 0 aliphatic heterocycles. The summed E-state index contributed by atoms with van der Waals surface area (Å²) in [7, 11) is 0. The Hall–Kier alpha value is -4.87. The molecule has 0 spiro atoms. The Morgan fingerprint density at radius 1 is 0.867 bits per heavy atom. The highest BCUT2D eigenvalue weighted by Crippen LogP contribution is 2.21. The van der Waals surface area contributed by atoms with Gasteiger partial charge >= 0.3 is 42.3 Å². The van der Waals surface area contributed by atoms with Crippen LogP contribution in [0.5, 0.6) is 0 Å². The molecule has 1 aromatic heterocycles. The van der Waals surface area contributed by atoms with Gasteiger partial charge in [0.05, 0.1) is 0 Å². The van der Waals surface area contributed by atoms with Gasteiger partial charge in [-0.2, -0.15) is 36.2 Å². The second-order valence-corrected chi connectivity index (χ2v) is 11.4. The number of hydrogen-bond acceptors (Lipinski definition) is 13. The number of aliphatic carboxylic acids is 3. The number of amides is 4. The van der Waals surface area contributed by atoms with Crippen molar-refractivity contribution in [2.24, 2.45) is 0 Å². The predicted octanol–water partition coefficient (Wildman–Crippen LogP) is -0.347. The predicted molar refractivity (Wildman–Crippen MR) is 152 cm³/mol. The van der Waals surface area contributed by atoms with Crippen LogP contribution in [-0.4, -0.2) is 114 Å².